The van der Waals surface area contributed by atoms with E-state index in [0.717, 1.165) is 69.6 Å². The predicted octanol–water partition coefficient (Wildman–Crippen LogP) is 16.1. The SMILES string of the molecule is CCCCCCCCCC(=O)OC[C@H](COC(=O)CCCCCCCCC(C)CC)OC(=O)CCCCCCCCCCCCCCCCCCCCC(C)CC. The van der Waals surface area contributed by atoms with E-state index in [1.807, 2.05) is 0 Å². The van der Waals surface area contributed by atoms with E-state index in [-0.39, 0.29) is 31.1 Å². The summed E-state index contributed by atoms with van der Waals surface area (Å²) < 4.78 is 16.7. The molecule has 0 radical (unpaired) electrons. The molecule has 0 fully saturated rings. The maximum atomic E-state index is 12.7. The maximum Gasteiger partial charge on any atom is 0.306 e. The van der Waals surface area contributed by atoms with Crippen LogP contribution in [-0.4, -0.2) is 37.2 Å². The quantitative estimate of drug-likeness (QED) is 0.0346. The first kappa shape index (κ1) is 55.4. The molecule has 6 nitrogen and oxygen atoms in total. The van der Waals surface area contributed by atoms with Gasteiger partial charge >= 0.3 is 17.9 Å². The van der Waals surface area contributed by atoms with Crippen LogP contribution >= 0.6 is 0 Å². The molecular formula is C51H98O6. The second-order valence-electron chi connectivity index (χ2n) is 17.9. The van der Waals surface area contributed by atoms with Gasteiger partial charge in [-0.2, -0.15) is 0 Å². The number of ether oxygens (including phenoxy) is 3. The average molecular weight is 807 g/mol. The third-order valence-electron chi connectivity index (χ3n) is 12.2. The number of esters is 3. The van der Waals surface area contributed by atoms with Crippen molar-refractivity contribution in [3.05, 3.63) is 0 Å². The number of rotatable bonds is 45. The Hall–Kier alpha value is -1.59. The summed E-state index contributed by atoms with van der Waals surface area (Å²) in [4.78, 5) is 37.7. The topological polar surface area (TPSA) is 78.9 Å². The highest BCUT2D eigenvalue weighted by Gasteiger charge is 2.19. The van der Waals surface area contributed by atoms with Crippen LogP contribution in [0.5, 0.6) is 0 Å². The first-order chi connectivity index (χ1) is 27.8. The Kier molecular flexibility index (Phi) is 42.7. The Bertz CT molecular complexity index is 874. The van der Waals surface area contributed by atoms with E-state index in [2.05, 4.69) is 34.6 Å². The van der Waals surface area contributed by atoms with E-state index in [9.17, 15) is 14.4 Å². The minimum Gasteiger partial charge on any atom is -0.462 e. The highest BCUT2D eigenvalue weighted by atomic mass is 16.6. The molecule has 0 aliphatic heterocycles. The third-order valence-corrected chi connectivity index (χ3v) is 12.2. The number of unbranched alkanes of at least 4 members (excludes halogenated alkanes) is 28. The van der Waals surface area contributed by atoms with Crippen molar-refractivity contribution in [2.45, 2.75) is 285 Å². The van der Waals surface area contributed by atoms with Gasteiger partial charge in [-0.05, 0) is 31.1 Å². The molecule has 0 aliphatic rings. The largest absolute Gasteiger partial charge is 0.462 e. The van der Waals surface area contributed by atoms with Crippen molar-refractivity contribution in [3.8, 4) is 0 Å². The van der Waals surface area contributed by atoms with E-state index < -0.39 is 6.10 Å². The Labute approximate surface area is 355 Å². The molecular weight excluding hydrogens is 709 g/mol. The fourth-order valence-electron chi connectivity index (χ4n) is 7.57. The van der Waals surface area contributed by atoms with Crippen molar-refractivity contribution in [1.82, 2.24) is 0 Å². The van der Waals surface area contributed by atoms with Crippen molar-refractivity contribution < 1.29 is 28.6 Å². The fraction of sp³-hybridized carbons (Fsp3) is 0.941. The fourth-order valence-corrected chi connectivity index (χ4v) is 7.57. The zero-order chi connectivity index (χ0) is 41.9. The Balaban J connectivity index is 4.13. The van der Waals surface area contributed by atoms with Crippen molar-refractivity contribution >= 4 is 17.9 Å². The lowest BCUT2D eigenvalue weighted by Crippen LogP contribution is -2.30. The Morgan fingerprint density at radius 3 is 0.912 bits per heavy atom. The molecule has 0 aliphatic carbocycles. The van der Waals surface area contributed by atoms with Gasteiger partial charge < -0.3 is 14.2 Å². The van der Waals surface area contributed by atoms with E-state index >= 15 is 0 Å². The lowest BCUT2D eigenvalue weighted by molar-refractivity contribution is -0.167. The molecule has 0 heterocycles. The number of hydrogen-bond donors (Lipinski definition) is 0. The van der Waals surface area contributed by atoms with Gasteiger partial charge in [-0.15, -0.1) is 0 Å². The predicted molar refractivity (Wildman–Crippen MR) is 243 cm³/mol. The first-order valence-electron chi connectivity index (χ1n) is 25.3. The van der Waals surface area contributed by atoms with Gasteiger partial charge in [0.05, 0.1) is 0 Å². The second-order valence-corrected chi connectivity index (χ2v) is 17.9. The van der Waals surface area contributed by atoms with Crippen LogP contribution in [0.3, 0.4) is 0 Å². The highest BCUT2D eigenvalue weighted by molar-refractivity contribution is 5.71. The minimum atomic E-state index is -0.760. The summed E-state index contributed by atoms with van der Waals surface area (Å²) in [5, 5.41) is 0. The monoisotopic (exact) mass is 807 g/mol. The van der Waals surface area contributed by atoms with Crippen molar-refractivity contribution in [2.24, 2.45) is 11.8 Å². The van der Waals surface area contributed by atoms with Gasteiger partial charge in [0.15, 0.2) is 6.10 Å². The van der Waals surface area contributed by atoms with Crippen LogP contribution in [0.1, 0.15) is 279 Å². The van der Waals surface area contributed by atoms with Gasteiger partial charge in [-0.25, -0.2) is 0 Å². The summed E-state index contributed by atoms with van der Waals surface area (Å²) in [6.07, 6.45) is 43.9. The smallest absolute Gasteiger partial charge is 0.306 e. The Morgan fingerprint density at radius 1 is 0.351 bits per heavy atom. The van der Waals surface area contributed by atoms with Gasteiger partial charge in [0.25, 0.3) is 0 Å². The lowest BCUT2D eigenvalue weighted by atomic mass is 9.99. The second kappa shape index (κ2) is 44.0. The van der Waals surface area contributed by atoms with Crippen molar-refractivity contribution in [1.29, 1.82) is 0 Å². The molecule has 338 valence electrons. The number of hydrogen-bond acceptors (Lipinski definition) is 6. The average Bonchev–Trinajstić information content (AvgIpc) is 3.21. The van der Waals surface area contributed by atoms with E-state index in [1.54, 1.807) is 0 Å². The molecule has 57 heavy (non-hydrogen) atoms. The van der Waals surface area contributed by atoms with Gasteiger partial charge in [-0.1, -0.05) is 240 Å². The number of carbonyl (C=O) groups excluding carboxylic acids is 3. The van der Waals surface area contributed by atoms with Crippen LogP contribution in [0.25, 0.3) is 0 Å². The van der Waals surface area contributed by atoms with Crippen molar-refractivity contribution in [3.63, 3.8) is 0 Å². The maximum absolute atomic E-state index is 12.7. The minimum absolute atomic E-state index is 0.0656. The summed E-state index contributed by atoms with van der Waals surface area (Å²) in [7, 11) is 0. The standard InChI is InChI=1S/C51H98O6/c1-6-9-10-11-24-31-36-41-49(52)55-44-48(45-56-50(53)42-37-32-28-27-30-35-40-47(5)8-3)57-51(54)43-38-33-26-23-21-19-17-15-13-12-14-16-18-20-22-25-29-34-39-46(4)7-2/h46-48H,6-45H2,1-5H3/t46?,47?,48-/m1/s1. The van der Waals surface area contributed by atoms with Gasteiger partial charge in [-0.3, -0.25) is 14.4 Å². The zero-order valence-corrected chi connectivity index (χ0v) is 39.0. The summed E-state index contributed by atoms with van der Waals surface area (Å²) in [6.45, 7) is 11.3. The molecule has 0 N–H and O–H groups in total. The molecule has 0 bridgehead atoms. The molecule has 3 atom stereocenters. The van der Waals surface area contributed by atoms with Crippen LogP contribution in [-0.2, 0) is 28.6 Å². The van der Waals surface area contributed by atoms with Crippen LogP contribution in [0, 0.1) is 11.8 Å². The molecule has 0 amide bonds. The zero-order valence-electron chi connectivity index (χ0n) is 39.0. The third kappa shape index (κ3) is 42.3. The number of carbonyl (C=O) groups is 3. The molecule has 2 unspecified atom stereocenters. The summed E-state index contributed by atoms with van der Waals surface area (Å²) in [5.74, 6) is 0.863. The summed E-state index contributed by atoms with van der Waals surface area (Å²) >= 11 is 0. The summed E-state index contributed by atoms with van der Waals surface area (Å²) in [6, 6.07) is 0. The Morgan fingerprint density at radius 2 is 0.614 bits per heavy atom. The van der Waals surface area contributed by atoms with E-state index in [1.165, 1.54) is 167 Å². The molecule has 6 heteroatoms. The van der Waals surface area contributed by atoms with E-state index in [0.29, 0.717) is 19.3 Å². The molecule has 0 spiro atoms. The highest BCUT2D eigenvalue weighted by Crippen LogP contribution is 2.18. The van der Waals surface area contributed by atoms with Crippen LogP contribution < -0.4 is 0 Å². The van der Waals surface area contributed by atoms with E-state index in [4.69, 9.17) is 14.2 Å². The summed E-state index contributed by atoms with van der Waals surface area (Å²) in [5.41, 5.74) is 0. The molecule has 0 saturated heterocycles. The van der Waals surface area contributed by atoms with Gasteiger partial charge in [0.1, 0.15) is 13.2 Å². The van der Waals surface area contributed by atoms with Gasteiger partial charge in [0.2, 0.25) is 0 Å². The van der Waals surface area contributed by atoms with Crippen LogP contribution in [0.2, 0.25) is 0 Å². The van der Waals surface area contributed by atoms with Crippen LogP contribution in [0.15, 0.2) is 0 Å². The molecule has 0 rings (SSSR count). The molecule has 0 saturated carbocycles. The first-order valence-corrected chi connectivity index (χ1v) is 25.3. The van der Waals surface area contributed by atoms with Crippen molar-refractivity contribution in [2.75, 3.05) is 13.2 Å². The molecule has 0 aromatic rings. The van der Waals surface area contributed by atoms with Crippen LogP contribution in [0.4, 0.5) is 0 Å². The lowest BCUT2D eigenvalue weighted by Gasteiger charge is -2.18. The normalized spacial score (nSPS) is 13.0. The molecule has 0 aromatic carbocycles. The molecule has 0 aromatic heterocycles. The van der Waals surface area contributed by atoms with Gasteiger partial charge in [0, 0.05) is 19.3 Å².